The molecule has 1 aromatic rings. The Balaban J connectivity index is 2.54. The van der Waals surface area contributed by atoms with Gasteiger partial charge >= 0.3 is 0 Å². The van der Waals surface area contributed by atoms with Crippen LogP contribution in [-0.2, 0) is 14.4 Å². The van der Waals surface area contributed by atoms with E-state index >= 15 is 0 Å². The van der Waals surface area contributed by atoms with Crippen LogP contribution < -0.4 is 11.2 Å². The largest absolute Gasteiger partial charge is 0.329 e. The maximum Gasteiger partial charge on any atom is 0.289 e. The first kappa shape index (κ1) is 12.6. The Hall–Kier alpha value is -1.44. The number of amides is 1. The molecule has 1 amide bonds. The van der Waals surface area contributed by atoms with Gasteiger partial charge in [-0.25, -0.2) is 5.48 Å². The second-order valence-corrected chi connectivity index (χ2v) is 4.62. The number of carbonyl (C=O) groups is 1. The highest BCUT2D eigenvalue weighted by Crippen LogP contribution is 1.98. The van der Waals surface area contributed by atoms with Crippen molar-refractivity contribution >= 4 is 16.0 Å². The minimum Gasteiger partial charge on any atom is -0.329 e. The number of rotatable bonds is 5. The standard InChI is InChI=1S/C9H12N2O4S/c10-6-7-16(13,14)15-11-9(12)8-4-2-1-3-5-8/h1-5H,6-7,10H2,(H,11,12). The van der Waals surface area contributed by atoms with Gasteiger partial charge in [-0.15, -0.1) is 4.28 Å². The topological polar surface area (TPSA) is 98.5 Å². The molecule has 88 valence electrons. The van der Waals surface area contributed by atoms with Crippen molar-refractivity contribution in [3.63, 3.8) is 0 Å². The lowest BCUT2D eigenvalue weighted by atomic mass is 10.2. The SMILES string of the molecule is NCCS(=O)(=O)ONC(=O)c1ccccc1. The minimum absolute atomic E-state index is 0.0659. The molecule has 0 fully saturated rings. The lowest BCUT2D eigenvalue weighted by molar-refractivity contribution is 0.0771. The molecule has 0 unspecified atom stereocenters. The van der Waals surface area contributed by atoms with Gasteiger partial charge in [0.2, 0.25) is 0 Å². The summed E-state index contributed by atoms with van der Waals surface area (Å²) in [5.74, 6) is -0.969. The maximum absolute atomic E-state index is 11.4. The summed E-state index contributed by atoms with van der Waals surface area (Å²) in [6.07, 6.45) is 0. The fourth-order valence-corrected chi connectivity index (χ4v) is 1.51. The number of hydrogen-bond donors (Lipinski definition) is 2. The molecule has 0 radical (unpaired) electrons. The van der Waals surface area contributed by atoms with E-state index in [0.29, 0.717) is 5.56 Å². The zero-order valence-electron chi connectivity index (χ0n) is 8.42. The average Bonchev–Trinajstić information content (AvgIpc) is 2.27. The fraction of sp³-hybridized carbons (Fsp3) is 0.222. The Morgan fingerprint density at radius 1 is 1.31 bits per heavy atom. The summed E-state index contributed by atoms with van der Waals surface area (Å²) >= 11 is 0. The molecule has 0 heterocycles. The molecule has 0 saturated carbocycles. The van der Waals surface area contributed by atoms with Crippen LogP contribution in [-0.4, -0.2) is 26.6 Å². The summed E-state index contributed by atoms with van der Waals surface area (Å²) in [7, 11) is -3.79. The minimum atomic E-state index is -3.79. The van der Waals surface area contributed by atoms with Crippen LogP contribution in [0, 0.1) is 0 Å². The van der Waals surface area contributed by atoms with Crippen molar-refractivity contribution in [2.45, 2.75) is 0 Å². The number of nitrogens with two attached hydrogens (primary N) is 1. The molecule has 0 aliphatic carbocycles. The van der Waals surface area contributed by atoms with Crippen LogP contribution in [0.2, 0.25) is 0 Å². The first-order chi connectivity index (χ1) is 7.55. The van der Waals surface area contributed by atoms with E-state index in [1.54, 1.807) is 18.2 Å². The van der Waals surface area contributed by atoms with Crippen LogP contribution in [0.3, 0.4) is 0 Å². The fourth-order valence-electron chi connectivity index (χ4n) is 0.936. The van der Waals surface area contributed by atoms with Gasteiger partial charge in [0.05, 0.1) is 5.75 Å². The van der Waals surface area contributed by atoms with Crippen LogP contribution in [0.25, 0.3) is 0 Å². The molecule has 1 aromatic carbocycles. The Morgan fingerprint density at radius 2 is 1.94 bits per heavy atom. The number of nitrogens with one attached hydrogen (secondary N) is 1. The Kier molecular flexibility index (Phi) is 4.41. The summed E-state index contributed by atoms with van der Waals surface area (Å²) in [5, 5.41) is 0. The molecular formula is C9H12N2O4S. The van der Waals surface area contributed by atoms with E-state index in [0.717, 1.165) is 0 Å². The lowest BCUT2D eigenvalue weighted by Crippen LogP contribution is -2.30. The van der Waals surface area contributed by atoms with Crippen molar-refractivity contribution in [1.29, 1.82) is 0 Å². The van der Waals surface area contributed by atoms with Crippen molar-refractivity contribution in [3.8, 4) is 0 Å². The van der Waals surface area contributed by atoms with Crippen molar-refractivity contribution < 1.29 is 17.5 Å². The van der Waals surface area contributed by atoms with Gasteiger partial charge in [0.15, 0.2) is 0 Å². The van der Waals surface area contributed by atoms with Crippen LogP contribution in [0.15, 0.2) is 30.3 Å². The van der Waals surface area contributed by atoms with Crippen molar-refractivity contribution in [1.82, 2.24) is 5.48 Å². The van der Waals surface area contributed by atoms with Gasteiger partial charge in [0, 0.05) is 12.1 Å². The molecule has 3 N–H and O–H groups in total. The molecule has 16 heavy (non-hydrogen) atoms. The summed E-state index contributed by atoms with van der Waals surface area (Å²) in [6, 6.07) is 8.12. The van der Waals surface area contributed by atoms with Gasteiger partial charge in [0.25, 0.3) is 16.0 Å². The van der Waals surface area contributed by atoms with Crippen molar-refractivity contribution in [3.05, 3.63) is 35.9 Å². The molecular weight excluding hydrogens is 232 g/mol. The maximum atomic E-state index is 11.4. The monoisotopic (exact) mass is 244 g/mol. The smallest absolute Gasteiger partial charge is 0.289 e. The molecule has 7 heteroatoms. The molecule has 0 spiro atoms. The quantitative estimate of drug-likeness (QED) is 0.689. The van der Waals surface area contributed by atoms with E-state index in [-0.39, 0.29) is 12.3 Å². The van der Waals surface area contributed by atoms with E-state index in [4.69, 9.17) is 5.73 Å². The number of hydrogen-bond acceptors (Lipinski definition) is 5. The number of hydroxylamine groups is 1. The number of benzene rings is 1. The van der Waals surface area contributed by atoms with Gasteiger partial charge < -0.3 is 5.73 Å². The first-order valence-electron chi connectivity index (χ1n) is 4.52. The van der Waals surface area contributed by atoms with Crippen molar-refractivity contribution in [2.24, 2.45) is 5.73 Å². The molecule has 0 aliphatic heterocycles. The molecule has 0 atom stereocenters. The van der Waals surface area contributed by atoms with Gasteiger partial charge in [0.1, 0.15) is 0 Å². The van der Waals surface area contributed by atoms with Gasteiger partial charge in [-0.05, 0) is 12.1 Å². The summed E-state index contributed by atoms with van der Waals surface area (Å²) in [4.78, 5) is 11.4. The Morgan fingerprint density at radius 3 is 2.50 bits per heavy atom. The van der Waals surface area contributed by atoms with E-state index in [1.807, 2.05) is 5.48 Å². The third-order valence-electron chi connectivity index (χ3n) is 1.67. The lowest BCUT2D eigenvalue weighted by Gasteiger charge is -2.05. The van der Waals surface area contributed by atoms with Crippen molar-refractivity contribution in [2.75, 3.05) is 12.3 Å². The van der Waals surface area contributed by atoms with Crippen LogP contribution in [0.1, 0.15) is 10.4 Å². The average molecular weight is 244 g/mol. The molecule has 0 aromatic heterocycles. The summed E-state index contributed by atoms with van der Waals surface area (Å²) < 4.78 is 26.4. The molecule has 0 aliphatic rings. The molecule has 1 rings (SSSR count). The predicted molar refractivity (Wildman–Crippen MR) is 57.8 cm³/mol. The second-order valence-electron chi connectivity index (χ2n) is 2.93. The van der Waals surface area contributed by atoms with Crippen LogP contribution in [0.4, 0.5) is 0 Å². The van der Waals surface area contributed by atoms with E-state index in [9.17, 15) is 13.2 Å². The Labute approximate surface area is 93.5 Å². The van der Waals surface area contributed by atoms with Gasteiger partial charge in [-0.2, -0.15) is 8.42 Å². The molecule has 0 saturated heterocycles. The van der Waals surface area contributed by atoms with Gasteiger partial charge in [-0.1, -0.05) is 18.2 Å². The zero-order chi connectivity index (χ0) is 12.0. The highest BCUT2D eigenvalue weighted by Gasteiger charge is 2.13. The second kappa shape index (κ2) is 5.59. The zero-order valence-corrected chi connectivity index (χ0v) is 9.24. The van der Waals surface area contributed by atoms with E-state index in [1.165, 1.54) is 12.1 Å². The van der Waals surface area contributed by atoms with E-state index < -0.39 is 16.0 Å². The van der Waals surface area contributed by atoms with Crippen LogP contribution >= 0.6 is 0 Å². The predicted octanol–water partition coefficient (Wildman–Crippen LogP) is -0.363. The Bertz CT molecular complexity index is 444. The summed E-state index contributed by atoms with van der Waals surface area (Å²) in [6.45, 7) is -0.0659. The highest BCUT2D eigenvalue weighted by atomic mass is 32.2. The first-order valence-corrected chi connectivity index (χ1v) is 6.09. The van der Waals surface area contributed by atoms with E-state index in [2.05, 4.69) is 4.28 Å². The highest BCUT2D eigenvalue weighted by molar-refractivity contribution is 7.86. The molecule has 6 nitrogen and oxygen atoms in total. The normalized spacial score (nSPS) is 11.1. The van der Waals surface area contributed by atoms with Crippen LogP contribution in [0.5, 0.6) is 0 Å². The third-order valence-corrected chi connectivity index (χ3v) is 2.74. The third kappa shape index (κ3) is 3.97. The summed E-state index contributed by atoms with van der Waals surface area (Å²) in [5.41, 5.74) is 7.21. The molecule has 0 bridgehead atoms. The van der Waals surface area contributed by atoms with Gasteiger partial charge in [-0.3, -0.25) is 4.79 Å². The number of carbonyl (C=O) groups excluding carboxylic acids is 1.